The summed E-state index contributed by atoms with van der Waals surface area (Å²) in [5.41, 5.74) is 5.56. The maximum atomic E-state index is 13.5. The van der Waals surface area contributed by atoms with E-state index in [4.69, 9.17) is 18.9 Å². The number of nitrogens with zero attached hydrogens (tertiary/aromatic N) is 2. The molecule has 4 aromatic carbocycles. The first-order valence-electron chi connectivity index (χ1n) is 20.6. The number of rotatable bonds is 20. The zero-order valence-corrected chi connectivity index (χ0v) is 36.9. The minimum Gasteiger partial charge on any atom is -0.547 e. The first-order chi connectivity index (χ1) is 28.9. The Bertz CT molecular complexity index is 1840. The van der Waals surface area contributed by atoms with Gasteiger partial charge in [0.05, 0.1) is 36.4 Å². The predicted octanol–water partition coefficient (Wildman–Crippen LogP) is 4.84. The molecule has 2 aliphatic rings. The number of carbonyl (C=O) groups is 2. The number of ether oxygens (including phenoxy) is 4. The summed E-state index contributed by atoms with van der Waals surface area (Å²) in [7, 11) is 0. The Morgan fingerprint density at radius 2 is 1.05 bits per heavy atom. The van der Waals surface area contributed by atoms with E-state index in [0.29, 0.717) is 24.7 Å². The quantitative estimate of drug-likeness (QED) is 0.0927. The Morgan fingerprint density at radius 1 is 0.672 bits per heavy atom. The molecule has 15 heteroatoms. The van der Waals surface area contributed by atoms with Gasteiger partial charge in [0, 0.05) is 75.7 Å². The topological polar surface area (TPSA) is 148 Å². The van der Waals surface area contributed by atoms with Crippen molar-refractivity contribution in [2.24, 2.45) is 0 Å². The van der Waals surface area contributed by atoms with E-state index in [1.165, 1.54) is 24.3 Å². The number of carboxylic acid groups (broad SMARTS) is 2. The Labute approximate surface area is 373 Å². The van der Waals surface area contributed by atoms with E-state index in [-0.39, 0.29) is 59.7 Å². The molecule has 4 aromatic rings. The van der Waals surface area contributed by atoms with Gasteiger partial charge in [-0.2, -0.15) is 0 Å². The van der Waals surface area contributed by atoms with Crippen LogP contribution in [0, 0.1) is 11.6 Å². The van der Waals surface area contributed by atoms with Gasteiger partial charge in [-0.3, -0.25) is 0 Å². The van der Waals surface area contributed by atoms with E-state index in [2.05, 4.69) is 20.4 Å². The molecular weight excluding hydrogens is 799 g/mol. The number of anilines is 4. The molecular formula is C46H56F2MgN4O8. The van der Waals surface area contributed by atoms with E-state index in [9.17, 15) is 28.6 Å². The molecule has 61 heavy (non-hydrogen) atoms. The molecule has 0 aromatic heterocycles. The number of aliphatic carboxylic acids is 2. The van der Waals surface area contributed by atoms with E-state index in [1.807, 2.05) is 62.4 Å². The fourth-order valence-corrected chi connectivity index (χ4v) is 7.21. The molecule has 6 rings (SSSR count). The average molecular weight is 855 g/mol. The van der Waals surface area contributed by atoms with Crippen LogP contribution in [0.3, 0.4) is 0 Å². The number of halogens is 2. The molecule has 2 heterocycles. The molecule has 2 N–H and O–H groups in total. The van der Waals surface area contributed by atoms with Crippen LogP contribution >= 0.6 is 0 Å². The van der Waals surface area contributed by atoms with Crippen molar-refractivity contribution in [3.63, 3.8) is 0 Å². The second-order valence-electron chi connectivity index (χ2n) is 14.9. The van der Waals surface area contributed by atoms with Gasteiger partial charge in [0.15, 0.2) is 0 Å². The van der Waals surface area contributed by atoms with Gasteiger partial charge in [0.25, 0.3) is 0 Å². The summed E-state index contributed by atoms with van der Waals surface area (Å²) < 4.78 is 48.8. The van der Waals surface area contributed by atoms with Crippen molar-refractivity contribution in [2.75, 3.05) is 72.9 Å². The average Bonchev–Trinajstić information content (AvgIpc) is 3.21. The van der Waals surface area contributed by atoms with Crippen molar-refractivity contribution < 1.29 is 47.5 Å². The van der Waals surface area contributed by atoms with Crippen LogP contribution < -0.4 is 40.1 Å². The zero-order valence-electron chi connectivity index (χ0n) is 35.5. The van der Waals surface area contributed by atoms with E-state index >= 15 is 0 Å². The second kappa shape index (κ2) is 24.6. The third-order valence-electron chi connectivity index (χ3n) is 10.0. The van der Waals surface area contributed by atoms with Crippen molar-refractivity contribution in [3.05, 3.63) is 108 Å². The van der Waals surface area contributed by atoms with Crippen LogP contribution in [0.4, 0.5) is 31.5 Å². The Kier molecular flexibility index (Phi) is 19.7. The summed E-state index contributed by atoms with van der Waals surface area (Å²) in [5.74, 6) is -1.78. The van der Waals surface area contributed by atoms with Crippen LogP contribution in [0.5, 0.6) is 11.5 Å². The number of benzene rings is 4. The number of carboxylic acids is 2. The Balaban J connectivity index is 0.000000264. The summed E-state index contributed by atoms with van der Waals surface area (Å²) in [6, 6.07) is 24.6. The maximum Gasteiger partial charge on any atom is 2.00 e. The molecule has 0 aliphatic carbocycles. The van der Waals surface area contributed by atoms with Gasteiger partial charge in [0.2, 0.25) is 0 Å². The number of fused-ring (bicyclic) bond motifs is 2. The molecule has 4 atom stereocenters. The third kappa shape index (κ3) is 15.2. The van der Waals surface area contributed by atoms with Gasteiger partial charge in [0.1, 0.15) is 47.5 Å². The van der Waals surface area contributed by atoms with Crippen LogP contribution in [-0.2, 0) is 31.9 Å². The van der Waals surface area contributed by atoms with Crippen molar-refractivity contribution >= 4 is 57.7 Å². The molecule has 12 nitrogen and oxygen atoms in total. The van der Waals surface area contributed by atoms with Gasteiger partial charge in [-0.1, -0.05) is 24.3 Å². The fraction of sp³-hybridized carbons (Fsp3) is 0.435. The largest absolute Gasteiger partial charge is 2.00 e. The predicted molar refractivity (Wildman–Crippen MR) is 231 cm³/mol. The first-order valence-corrected chi connectivity index (χ1v) is 20.6. The number of carbonyl (C=O) groups excluding carboxylic acids is 2. The SMILES string of the molecule is CCOC(Cc1ccc(NCCCN2CC(C)Oc3cc(F)ccc32)cc1)C(=O)[O-].CCOC(Cc1ccc(NCCCN2CC(C)Oc3cc(F)ccc32)cc1)C(=O)[O-].[Mg+2]. The summed E-state index contributed by atoms with van der Waals surface area (Å²) in [6.07, 6.45) is 0.548. The molecule has 4 unspecified atom stereocenters. The van der Waals surface area contributed by atoms with Gasteiger partial charge < -0.3 is 59.2 Å². The molecule has 0 saturated carbocycles. The van der Waals surface area contributed by atoms with Crippen molar-refractivity contribution in [1.82, 2.24) is 0 Å². The number of hydrogen-bond donors (Lipinski definition) is 2. The molecule has 324 valence electrons. The number of hydrogen-bond acceptors (Lipinski definition) is 12. The van der Waals surface area contributed by atoms with E-state index in [1.54, 1.807) is 26.0 Å². The van der Waals surface area contributed by atoms with Crippen molar-refractivity contribution in [2.45, 2.75) is 77.8 Å². The van der Waals surface area contributed by atoms with Crippen LogP contribution in [0.25, 0.3) is 0 Å². The van der Waals surface area contributed by atoms with E-state index in [0.717, 1.165) is 86.0 Å². The zero-order chi connectivity index (χ0) is 43.0. The van der Waals surface area contributed by atoms with Gasteiger partial charge in [-0.25, -0.2) is 8.78 Å². The van der Waals surface area contributed by atoms with Crippen LogP contribution in [0.1, 0.15) is 51.7 Å². The monoisotopic (exact) mass is 854 g/mol. The normalized spacial score (nSPS) is 16.2. The van der Waals surface area contributed by atoms with Crippen LogP contribution in [0.2, 0.25) is 0 Å². The molecule has 0 radical (unpaired) electrons. The Hall–Kier alpha value is -4.83. The molecule has 0 spiro atoms. The van der Waals surface area contributed by atoms with Gasteiger partial charge in [-0.05, 0) is 100 Å². The molecule has 0 saturated heterocycles. The first kappa shape index (κ1) is 48.8. The van der Waals surface area contributed by atoms with Crippen molar-refractivity contribution in [3.8, 4) is 11.5 Å². The fourth-order valence-electron chi connectivity index (χ4n) is 7.21. The molecule has 0 amide bonds. The summed E-state index contributed by atoms with van der Waals surface area (Å²) in [5, 5.41) is 29.0. The molecule has 0 fully saturated rings. The minimum atomic E-state index is -1.19. The number of nitrogens with one attached hydrogen (secondary N) is 2. The van der Waals surface area contributed by atoms with Crippen molar-refractivity contribution in [1.29, 1.82) is 0 Å². The van der Waals surface area contributed by atoms with Crippen LogP contribution in [-0.4, -0.2) is 112 Å². The second-order valence-corrected chi connectivity index (χ2v) is 14.9. The maximum absolute atomic E-state index is 13.5. The third-order valence-corrected chi connectivity index (χ3v) is 10.0. The van der Waals surface area contributed by atoms with Crippen LogP contribution in [0.15, 0.2) is 84.9 Å². The molecule has 0 bridgehead atoms. The Morgan fingerprint density at radius 3 is 1.39 bits per heavy atom. The van der Waals surface area contributed by atoms with Gasteiger partial charge in [-0.15, -0.1) is 0 Å². The summed E-state index contributed by atoms with van der Waals surface area (Å²) in [6.45, 7) is 12.9. The minimum absolute atomic E-state index is 0. The smallest absolute Gasteiger partial charge is 0.547 e. The molecule has 2 aliphatic heterocycles. The summed E-state index contributed by atoms with van der Waals surface area (Å²) in [4.78, 5) is 26.6. The van der Waals surface area contributed by atoms with Gasteiger partial charge >= 0.3 is 23.1 Å². The standard InChI is InChI=1S/2C23H29FN2O4.Mg/c2*1-3-29-22(23(27)28)13-17-5-8-19(9-6-17)25-11-4-12-26-15-16(2)30-21-14-18(24)7-10-20(21)26;/h2*5-10,14,16,22,25H,3-4,11-13,15H2,1-2H3,(H,27,28);/q;;+2/p-2. The van der Waals surface area contributed by atoms with E-state index < -0.39 is 24.1 Å². The summed E-state index contributed by atoms with van der Waals surface area (Å²) >= 11 is 0.